The van der Waals surface area contributed by atoms with Gasteiger partial charge in [-0.2, -0.15) is 0 Å². The summed E-state index contributed by atoms with van der Waals surface area (Å²) < 4.78 is 5.19. The van der Waals surface area contributed by atoms with Crippen molar-refractivity contribution in [3.8, 4) is 5.75 Å². The van der Waals surface area contributed by atoms with Gasteiger partial charge in [0, 0.05) is 22.4 Å². The van der Waals surface area contributed by atoms with Gasteiger partial charge >= 0.3 is 0 Å². The van der Waals surface area contributed by atoms with Crippen molar-refractivity contribution in [3.63, 3.8) is 0 Å². The van der Waals surface area contributed by atoms with Crippen LogP contribution in [0.1, 0.15) is 12.0 Å². The van der Waals surface area contributed by atoms with Crippen LogP contribution in [-0.4, -0.2) is 30.7 Å². The van der Waals surface area contributed by atoms with Crippen LogP contribution >= 0.6 is 23.2 Å². The van der Waals surface area contributed by atoms with Crippen LogP contribution in [0.25, 0.3) is 0 Å². The van der Waals surface area contributed by atoms with Gasteiger partial charge in [-0.25, -0.2) is 0 Å². The highest BCUT2D eigenvalue weighted by Crippen LogP contribution is 2.62. The molecule has 2 aliphatic carbocycles. The van der Waals surface area contributed by atoms with Crippen molar-refractivity contribution < 1.29 is 19.2 Å². The third-order valence-electron chi connectivity index (χ3n) is 7.23. The highest BCUT2D eigenvalue weighted by atomic mass is 35.5. The van der Waals surface area contributed by atoms with Gasteiger partial charge in [0.15, 0.2) is 0 Å². The summed E-state index contributed by atoms with van der Waals surface area (Å²) in [5.41, 5.74) is 2.09. The number of rotatable bonds is 3. The molecule has 3 fully saturated rings. The Morgan fingerprint density at radius 2 is 1.71 bits per heavy atom. The number of ether oxygens (including phenoxy) is 1. The number of imide groups is 1. The molecule has 2 saturated carbocycles. The molecular formula is C23H18Cl2N2O4. The Bertz CT molecular complexity index is 1150. The highest BCUT2D eigenvalue weighted by Gasteiger charge is 2.70. The van der Waals surface area contributed by atoms with Crippen molar-refractivity contribution in [2.75, 3.05) is 12.0 Å². The number of benzene rings is 2. The van der Waals surface area contributed by atoms with E-state index >= 15 is 0 Å². The first-order valence-electron chi connectivity index (χ1n) is 10.2. The van der Waals surface area contributed by atoms with Crippen LogP contribution in [0.2, 0.25) is 10.0 Å². The molecule has 0 unspecified atom stereocenters. The molecule has 0 radical (unpaired) electrons. The molecule has 2 heterocycles. The lowest BCUT2D eigenvalue weighted by atomic mass is 9.71. The molecule has 2 aromatic carbocycles. The first-order chi connectivity index (χ1) is 15.0. The zero-order valence-electron chi connectivity index (χ0n) is 16.5. The van der Waals surface area contributed by atoms with E-state index in [-0.39, 0.29) is 47.5 Å². The minimum atomic E-state index is -0.365. The predicted octanol–water partition coefficient (Wildman–Crippen LogP) is 4.18. The summed E-state index contributed by atoms with van der Waals surface area (Å²) in [5.74, 6) is -0.439. The number of hydrogen-bond donors (Lipinski definition) is 0. The van der Waals surface area contributed by atoms with E-state index in [0.29, 0.717) is 21.5 Å². The van der Waals surface area contributed by atoms with E-state index in [2.05, 4.69) is 5.16 Å². The smallest absolute Gasteiger partial charge is 0.238 e. The van der Waals surface area contributed by atoms with Crippen molar-refractivity contribution in [2.45, 2.75) is 12.5 Å². The summed E-state index contributed by atoms with van der Waals surface area (Å²) in [6, 6.07) is 12.3. The lowest BCUT2D eigenvalue weighted by molar-refractivity contribution is -0.125. The molecule has 0 aromatic heterocycles. The van der Waals surface area contributed by atoms with E-state index in [1.807, 2.05) is 6.07 Å². The summed E-state index contributed by atoms with van der Waals surface area (Å²) in [6.45, 7) is 0. The monoisotopic (exact) mass is 456 g/mol. The second-order valence-corrected chi connectivity index (χ2v) is 9.37. The molecule has 8 heteroatoms. The molecule has 2 amide bonds. The van der Waals surface area contributed by atoms with E-state index < -0.39 is 0 Å². The van der Waals surface area contributed by atoms with Crippen LogP contribution in [-0.2, 0) is 14.4 Å². The second kappa shape index (κ2) is 6.71. The van der Waals surface area contributed by atoms with E-state index in [9.17, 15) is 9.59 Å². The Hall–Kier alpha value is -2.57. The average molecular weight is 457 g/mol. The summed E-state index contributed by atoms with van der Waals surface area (Å²) >= 11 is 12.5. The maximum Gasteiger partial charge on any atom is 0.238 e. The molecule has 2 bridgehead atoms. The normalized spacial score (nSPS) is 32.7. The number of anilines is 1. The first-order valence-corrected chi connectivity index (χ1v) is 11.0. The molecule has 0 N–H and O–H groups in total. The largest absolute Gasteiger partial charge is 0.497 e. The minimum absolute atomic E-state index is 0.00677. The molecule has 6 atom stereocenters. The van der Waals surface area contributed by atoms with Crippen molar-refractivity contribution in [2.24, 2.45) is 34.7 Å². The molecule has 1 saturated heterocycles. The quantitative estimate of drug-likeness (QED) is 0.649. The van der Waals surface area contributed by atoms with Gasteiger partial charge in [-0.05, 0) is 48.7 Å². The van der Waals surface area contributed by atoms with Crippen LogP contribution in [0.5, 0.6) is 5.75 Å². The number of methoxy groups -OCH3 is 1. The van der Waals surface area contributed by atoms with Gasteiger partial charge in [0.25, 0.3) is 0 Å². The van der Waals surface area contributed by atoms with Crippen molar-refractivity contribution in [1.29, 1.82) is 0 Å². The number of carbonyl (C=O) groups excluding carboxylic acids is 2. The summed E-state index contributed by atoms with van der Waals surface area (Å²) in [4.78, 5) is 33.9. The molecule has 4 aliphatic rings. The number of oxime groups is 1. The van der Waals surface area contributed by atoms with Crippen molar-refractivity contribution >= 4 is 46.4 Å². The fourth-order valence-electron chi connectivity index (χ4n) is 6.03. The minimum Gasteiger partial charge on any atom is -0.497 e. The second-order valence-electron chi connectivity index (χ2n) is 8.52. The number of carbonyl (C=O) groups is 2. The Kier molecular flexibility index (Phi) is 4.14. The van der Waals surface area contributed by atoms with Crippen molar-refractivity contribution in [1.82, 2.24) is 0 Å². The fraction of sp³-hybridized carbons (Fsp3) is 0.348. The third-order valence-corrected chi connectivity index (χ3v) is 7.78. The zero-order chi connectivity index (χ0) is 21.4. The molecular weight excluding hydrogens is 439 g/mol. The lowest BCUT2D eigenvalue weighted by Crippen LogP contribution is -2.41. The SMILES string of the molecule is COc1ccc(N2C(=O)[C@@H]3[C@H]4C[C@@H]([C@H]5ON=C(c6ccc(Cl)cc6Cl)[C@@H]45)[C@H]3C2=O)cc1. The molecule has 31 heavy (non-hydrogen) atoms. The Labute approximate surface area is 188 Å². The van der Waals surface area contributed by atoms with E-state index in [1.54, 1.807) is 43.5 Å². The topological polar surface area (TPSA) is 68.2 Å². The van der Waals surface area contributed by atoms with Crippen LogP contribution in [0, 0.1) is 29.6 Å². The van der Waals surface area contributed by atoms with E-state index in [1.165, 1.54) is 4.90 Å². The number of amides is 2. The maximum absolute atomic E-state index is 13.4. The van der Waals surface area contributed by atoms with Crippen LogP contribution in [0.4, 0.5) is 5.69 Å². The van der Waals surface area contributed by atoms with Gasteiger partial charge in [-0.15, -0.1) is 0 Å². The van der Waals surface area contributed by atoms with Crippen LogP contribution in [0.15, 0.2) is 47.6 Å². The lowest BCUT2D eigenvalue weighted by Gasteiger charge is -2.30. The van der Waals surface area contributed by atoms with Gasteiger partial charge in [0.2, 0.25) is 11.8 Å². The highest BCUT2D eigenvalue weighted by molar-refractivity contribution is 6.37. The maximum atomic E-state index is 13.4. The molecule has 6 nitrogen and oxygen atoms in total. The summed E-state index contributed by atoms with van der Waals surface area (Å²) in [7, 11) is 1.58. The molecule has 6 rings (SSSR count). The third kappa shape index (κ3) is 2.55. The number of fused-ring (bicyclic) bond motifs is 8. The van der Waals surface area contributed by atoms with Gasteiger partial charge in [-0.1, -0.05) is 34.4 Å². The molecule has 2 aromatic rings. The average Bonchev–Trinajstić information content (AvgIpc) is 3.49. The summed E-state index contributed by atoms with van der Waals surface area (Å²) in [5, 5.41) is 5.38. The fourth-order valence-corrected chi connectivity index (χ4v) is 6.54. The van der Waals surface area contributed by atoms with Crippen molar-refractivity contribution in [3.05, 3.63) is 58.1 Å². The van der Waals surface area contributed by atoms with E-state index in [4.69, 9.17) is 32.8 Å². The van der Waals surface area contributed by atoms with Crippen LogP contribution < -0.4 is 9.64 Å². The number of halogens is 2. The first kappa shape index (κ1) is 19.1. The standard InChI is InChI=1S/C23H18Cl2N2O4/c1-30-12-5-3-11(4-6-12)27-22(28)17-14-9-15(18(17)23(27)29)21-19(14)20(26-31-21)13-7-2-10(24)8-16(13)25/h2-8,14-15,17-19,21H,9H2,1H3/t14-,15-,17-,18-,19-,21-/m1/s1. The van der Waals surface area contributed by atoms with E-state index in [0.717, 1.165) is 17.7 Å². The summed E-state index contributed by atoms with van der Waals surface area (Å²) in [6.07, 6.45) is 0.573. The van der Waals surface area contributed by atoms with Gasteiger partial charge in [0.05, 0.1) is 35.4 Å². The molecule has 2 aliphatic heterocycles. The Morgan fingerprint density at radius 3 is 2.39 bits per heavy atom. The van der Waals surface area contributed by atoms with Gasteiger partial charge in [0.1, 0.15) is 11.9 Å². The number of nitrogens with zero attached hydrogens (tertiary/aromatic N) is 2. The van der Waals surface area contributed by atoms with Gasteiger partial charge < -0.3 is 9.57 Å². The molecule has 158 valence electrons. The Morgan fingerprint density at radius 1 is 1.00 bits per heavy atom. The number of hydrogen-bond acceptors (Lipinski definition) is 5. The Balaban J connectivity index is 1.34. The predicted molar refractivity (Wildman–Crippen MR) is 115 cm³/mol. The van der Waals surface area contributed by atoms with Crippen LogP contribution in [0.3, 0.4) is 0 Å². The molecule has 0 spiro atoms. The zero-order valence-corrected chi connectivity index (χ0v) is 18.0. The van der Waals surface area contributed by atoms with Gasteiger partial charge in [-0.3, -0.25) is 14.5 Å².